The number of unbranched alkanes of at least 4 members (excludes halogenated alkanes) is 1. The van der Waals surface area contributed by atoms with Crippen LogP contribution in [0.4, 0.5) is 0 Å². The largest absolute Gasteiger partial charge is 0.393 e. The van der Waals surface area contributed by atoms with Crippen LogP contribution in [0.2, 0.25) is 0 Å². The van der Waals surface area contributed by atoms with Gasteiger partial charge in [-0.05, 0) is 151 Å². The molecule has 0 radical (unpaired) electrons. The van der Waals surface area contributed by atoms with Crippen molar-refractivity contribution in [2.45, 2.75) is 166 Å². The number of hydrogen-bond donors (Lipinski definition) is 2. The van der Waals surface area contributed by atoms with Crippen molar-refractivity contribution in [3.05, 3.63) is 11.1 Å². The molecule has 0 aromatic rings. The van der Waals surface area contributed by atoms with Crippen molar-refractivity contribution < 1.29 is 24.2 Å². The van der Waals surface area contributed by atoms with Crippen LogP contribution in [-0.4, -0.2) is 108 Å². The molecule has 4 aliphatic heterocycles. The number of aliphatic hydroxyl groups excluding tert-OH is 1. The van der Waals surface area contributed by atoms with Crippen molar-refractivity contribution in [2.24, 2.45) is 41.4 Å². The molecule has 8 fully saturated rings. The molecular formula is C45H72N4O5. The van der Waals surface area contributed by atoms with E-state index in [0.29, 0.717) is 43.4 Å². The minimum Gasteiger partial charge on any atom is -0.393 e. The number of nitrogens with zero attached hydrogens (tertiary/aromatic N) is 3. The van der Waals surface area contributed by atoms with E-state index in [1.54, 1.807) is 0 Å². The summed E-state index contributed by atoms with van der Waals surface area (Å²) >= 11 is 0. The average molecular weight is 749 g/mol. The van der Waals surface area contributed by atoms with Crippen LogP contribution in [0.5, 0.6) is 0 Å². The Bertz CT molecular complexity index is 1330. The van der Waals surface area contributed by atoms with Crippen LogP contribution in [0, 0.1) is 41.4 Å². The van der Waals surface area contributed by atoms with Crippen LogP contribution in [0.3, 0.4) is 0 Å². The van der Waals surface area contributed by atoms with Crippen LogP contribution in [0.25, 0.3) is 0 Å². The number of piperidine rings is 1. The number of amides is 3. The maximum Gasteiger partial charge on any atom is 0.249 e. The highest BCUT2D eigenvalue weighted by Gasteiger charge is 2.50. The van der Waals surface area contributed by atoms with E-state index >= 15 is 0 Å². The third kappa shape index (κ3) is 8.69. The van der Waals surface area contributed by atoms with Gasteiger partial charge in [0.25, 0.3) is 0 Å². The fourth-order valence-electron chi connectivity index (χ4n) is 13.2. The lowest BCUT2D eigenvalue weighted by Gasteiger charge is -2.39. The second kappa shape index (κ2) is 17.8. The summed E-state index contributed by atoms with van der Waals surface area (Å²) in [5, 5.41) is 12.7. The summed E-state index contributed by atoms with van der Waals surface area (Å²) in [6.07, 6.45) is 24.3. The number of hydrogen-bond acceptors (Lipinski definition) is 7. The number of fused-ring (bicyclic) bond motifs is 2. The maximum absolute atomic E-state index is 13.3. The molecule has 302 valence electrons. The van der Waals surface area contributed by atoms with Gasteiger partial charge in [0.05, 0.1) is 12.2 Å². The van der Waals surface area contributed by atoms with Crippen molar-refractivity contribution in [1.82, 2.24) is 20.0 Å². The summed E-state index contributed by atoms with van der Waals surface area (Å²) < 4.78 is 6.55. The molecule has 8 rings (SSSR count). The molecule has 8 aliphatic rings. The lowest BCUT2D eigenvalue weighted by atomic mass is 9.68. The van der Waals surface area contributed by atoms with Crippen molar-refractivity contribution in [1.29, 1.82) is 0 Å². The quantitative estimate of drug-likeness (QED) is 0.134. The zero-order valence-corrected chi connectivity index (χ0v) is 33.6. The molecule has 4 heterocycles. The van der Waals surface area contributed by atoms with Crippen molar-refractivity contribution in [2.75, 3.05) is 45.9 Å². The fourth-order valence-corrected chi connectivity index (χ4v) is 13.2. The molecule has 9 nitrogen and oxygen atoms in total. The zero-order chi connectivity index (χ0) is 37.2. The highest BCUT2D eigenvalue weighted by Crippen LogP contribution is 2.46. The third-order valence-corrected chi connectivity index (χ3v) is 16.0. The van der Waals surface area contributed by atoms with E-state index in [9.17, 15) is 19.5 Å². The number of carbonyl (C=O) groups is 3. The number of likely N-dealkylation sites (tertiary alicyclic amines) is 3. The lowest BCUT2D eigenvalue weighted by Crippen LogP contribution is -2.53. The van der Waals surface area contributed by atoms with Crippen molar-refractivity contribution >= 4 is 17.7 Å². The Hall–Kier alpha value is -1.81. The molecule has 0 aromatic carbocycles. The van der Waals surface area contributed by atoms with E-state index in [0.717, 1.165) is 68.8 Å². The van der Waals surface area contributed by atoms with Gasteiger partial charge in [-0.25, -0.2) is 0 Å². The van der Waals surface area contributed by atoms with E-state index in [2.05, 4.69) is 22.0 Å². The van der Waals surface area contributed by atoms with E-state index in [4.69, 9.17) is 4.74 Å². The first-order valence-electron chi connectivity index (χ1n) is 23.0. The molecule has 4 aliphatic carbocycles. The van der Waals surface area contributed by atoms with Crippen LogP contribution < -0.4 is 5.32 Å². The summed E-state index contributed by atoms with van der Waals surface area (Å²) in [4.78, 5) is 44.7. The van der Waals surface area contributed by atoms with Crippen LogP contribution >= 0.6 is 0 Å². The number of imide groups is 1. The molecule has 6 atom stereocenters. The van der Waals surface area contributed by atoms with Crippen LogP contribution in [-0.2, 0) is 19.1 Å². The van der Waals surface area contributed by atoms with Crippen molar-refractivity contribution in [3.8, 4) is 0 Å². The molecule has 0 spiro atoms. The van der Waals surface area contributed by atoms with Gasteiger partial charge >= 0.3 is 0 Å². The molecule has 54 heavy (non-hydrogen) atoms. The molecule has 0 bridgehead atoms. The minimum atomic E-state index is -0.465. The standard InChI is InChI=1S/C45H72N4O5/c1-2-39(30-8-4-3-5-9-30)43(31-10-15-37(50)16-11-31)32-12-17-38(18-13-32)54-23-7-6-22-47-25-34-27-48(28-35(34)26-47)36-14-19-40-33(24-36)29-49(45(40)53)41-20-21-42(51)46-44(41)52/h30-38,40-41,50H,2-29H2,1H3,(H,46,51,52)/b43-39-. The summed E-state index contributed by atoms with van der Waals surface area (Å²) in [7, 11) is 0. The summed E-state index contributed by atoms with van der Waals surface area (Å²) in [5.41, 5.74) is 3.71. The molecule has 3 amide bonds. The highest BCUT2D eigenvalue weighted by molar-refractivity contribution is 6.02. The highest BCUT2D eigenvalue weighted by atomic mass is 16.5. The summed E-state index contributed by atoms with van der Waals surface area (Å²) in [6, 6.07) is 0.0915. The van der Waals surface area contributed by atoms with E-state index in [1.165, 1.54) is 116 Å². The predicted molar refractivity (Wildman–Crippen MR) is 210 cm³/mol. The lowest BCUT2D eigenvalue weighted by molar-refractivity contribution is -0.144. The van der Waals surface area contributed by atoms with Gasteiger partial charge in [-0.1, -0.05) is 37.3 Å². The Kier molecular flexibility index (Phi) is 12.8. The van der Waals surface area contributed by atoms with Gasteiger partial charge in [0, 0.05) is 57.7 Å². The second-order valence-electron chi connectivity index (χ2n) is 19.3. The topological polar surface area (TPSA) is 102 Å². The van der Waals surface area contributed by atoms with E-state index < -0.39 is 6.04 Å². The molecule has 4 saturated heterocycles. The molecule has 2 N–H and O–H groups in total. The van der Waals surface area contributed by atoms with E-state index in [1.807, 2.05) is 16.0 Å². The first kappa shape index (κ1) is 39.0. The Balaban J connectivity index is 0.730. The van der Waals surface area contributed by atoms with Gasteiger partial charge in [0.1, 0.15) is 6.04 Å². The number of allylic oxidation sites excluding steroid dienone is 2. The fraction of sp³-hybridized carbons (Fsp3) is 0.889. The molecule has 0 aromatic heterocycles. The monoisotopic (exact) mass is 749 g/mol. The molecule has 4 saturated carbocycles. The maximum atomic E-state index is 13.3. The predicted octanol–water partition coefficient (Wildman–Crippen LogP) is 6.48. The van der Waals surface area contributed by atoms with Gasteiger partial charge in [-0.15, -0.1) is 0 Å². The minimum absolute atomic E-state index is 0.0566. The number of rotatable bonds is 12. The second-order valence-corrected chi connectivity index (χ2v) is 19.3. The Labute approximate surface area is 325 Å². The Morgan fingerprint density at radius 3 is 2.13 bits per heavy atom. The van der Waals surface area contributed by atoms with Crippen molar-refractivity contribution in [3.63, 3.8) is 0 Å². The zero-order valence-electron chi connectivity index (χ0n) is 33.6. The summed E-state index contributed by atoms with van der Waals surface area (Å²) in [5.74, 6) is 3.84. The SMILES string of the molecule is CC/C(=C(\C1CCC(O)CC1)C1CCC(OCCCCN2CC3CN(C4CCC5C(=O)N(C6CCC(=O)NC6=O)CC5C4)CC3C2)CC1)C1CCCCC1. The first-order valence-corrected chi connectivity index (χ1v) is 23.0. The third-order valence-electron chi connectivity index (χ3n) is 16.0. The van der Waals surface area contributed by atoms with Gasteiger partial charge in [0.2, 0.25) is 17.7 Å². The van der Waals surface area contributed by atoms with Gasteiger partial charge in [0.15, 0.2) is 0 Å². The smallest absolute Gasteiger partial charge is 0.249 e. The summed E-state index contributed by atoms with van der Waals surface area (Å²) in [6.45, 7) is 10.0. The number of carbonyl (C=O) groups excluding carboxylic acids is 3. The molecule has 9 heteroatoms. The van der Waals surface area contributed by atoms with Gasteiger partial charge in [-0.3, -0.25) is 24.6 Å². The normalized spacial score (nSPS) is 39.1. The van der Waals surface area contributed by atoms with E-state index in [-0.39, 0.29) is 29.7 Å². The Morgan fingerprint density at radius 1 is 0.741 bits per heavy atom. The molecule has 6 unspecified atom stereocenters. The average Bonchev–Trinajstić information content (AvgIpc) is 3.86. The molecular weight excluding hydrogens is 677 g/mol. The van der Waals surface area contributed by atoms with Crippen LogP contribution in [0.1, 0.15) is 142 Å². The number of aliphatic hydroxyl groups is 1. The Morgan fingerprint density at radius 2 is 1.44 bits per heavy atom. The first-order chi connectivity index (χ1) is 26.3. The van der Waals surface area contributed by atoms with Gasteiger partial charge < -0.3 is 19.6 Å². The van der Waals surface area contributed by atoms with Gasteiger partial charge in [-0.2, -0.15) is 0 Å². The van der Waals surface area contributed by atoms with Crippen LogP contribution in [0.15, 0.2) is 11.1 Å². The number of nitrogens with one attached hydrogen (secondary N) is 1. The number of ether oxygens (including phenoxy) is 1.